The van der Waals surface area contributed by atoms with Crippen LogP contribution in [0.4, 0.5) is 32.0 Å². The maximum atomic E-state index is 14.0. The van der Waals surface area contributed by atoms with Crippen LogP contribution in [-0.2, 0) is 20.8 Å². The number of benzene rings is 2. The summed E-state index contributed by atoms with van der Waals surface area (Å²) in [4.78, 5) is 36.9. The number of carbonyl (C=O) groups is 3. The van der Waals surface area contributed by atoms with Gasteiger partial charge in [0.2, 0.25) is 11.8 Å². The molecule has 0 aromatic heterocycles. The Bertz CT molecular complexity index is 961. The summed E-state index contributed by atoms with van der Waals surface area (Å²) in [5, 5.41) is 2.85. The van der Waals surface area contributed by atoms with Crippen molar-refractivity contribution in [2.24, 2.45) is 5.92 Å². The minimum Gasteiger partial charge on any atom is -0.334 e. The van der Waals surface area contributed by atoms with Crippen molar-refractivity contribution in [2.75, 3.05) is 5.32 Å². The molecular weight excluding hydrogens is 454 g/mol. The van der Waals surface area contributed by atoms with Gasteiger partial charge in [0, 0.05) is 12.1 Å². The lowest BCUT2D eigenvalue weighted by Crippen LogP contribution is -2.74. The molecule has 0 spiro atoms. The van der Waals surface area contributed by atoms with Crippen molar-refractivity contribution in [2.45, 2.75) is 37.7 Å². The van der Waals surface area contributed by atoms with Gasteiger partial charge in [0.15, 0.2) is 0 Å². The van der Waals surface area contributed by atoms with Crippen LogP contribution in [-0.4, -0.2) is 35.5 Å². The van der Waals surface area contributed by atoms with Gasteiger partial charge in [0.1, 0.15) is 11.7 Å². The van der Waals surface area contributed by atoms with Crippen LogP contribution in [0.5, 0.6) is 0 Å². The summed E-state index contributed by atoms with van der Waals surface area (Å²) in [6.07, 6.45) is -13.3. The van der Waals surface area contributed by atoms with E-state index in [1.54, 1.807) is 30.3 Å². The van der Waals surface area contributed by atoms with Crippen LogP contribution < -0.4 is 10.6 Å². The third kappa shape index (κ3) is 5.91. The summed E-state index contributed by atoms with van der Waals surface area (Å²) < 4.78 is 84.2. The summed E-state index contributed by atoms with van der Waals surface area (Å²) in [6, 6.07) is 14.6. The number of para-hydroxylation sites is 1. The van der Waals surface area contributed by atoms with Gasteiger partial charge in [-0.3, -0.25) is 14.4 Å². The van der Waals surface area contributed by atoms with Crippen LogP contribution in [0, 0.1) is 5.92 Å². The Kier molecular flexibility index (Phi) is 7.89. The highest BCUT2D eigenvalue weighted by Gasteiger charge is 2.77. The molecule has 2 N–H and O–H groups in total. The molecule has 0 aliphatic rings. The maximum Gasteiger partial charge on any atom is 0.421 e. The number of amides is 2. The molecule has 0 radical (unpaired) electrons. The lowest BCUT2D eigenvalue weighted by molar-refractivity contribution is -0.314. The minimum atomic E-state index is -6.22. The van der Waals surface area contributed by atoms with Crippen molar-refractivity contribution in [3.63, 3.8) is 0 Å². The molecule has 0 bridgehead atoms. The molecule has 33 heavy (non-hydrogen) atoms. The highest BCUT2D eigenvalue weighted by molar-refractivity contribution is 6.08. The Hall–Kier alpha value is -3.37. The van der Waals surface area contributed by atoms with Gasteiger partial charge in [-0.15, -0.1) is 0 Å². The first-order chi connectivity index (χ1) is 15.3. The minimum absolute atomic E-state index is 0.123. The molecule has 178 valence electrons. The van der Waals surface area contributed by atoms with Crippen molar-refractivity contribution in [1.29, 1.82) is 0 Å². The Morgan fingerprint density at radius 2 is 1.30 bits per heavy atom. The third-order valence-corrected chi connectivity index (χ3v) is 4.86. The molecule has 0 heterocycles. The Balaban J connectivity index is 2.46. The second-order valence-corrected chi connectivity index (χ2v) is 7.24. The molecule has 2 rings (SSSR count). The van der Waals surface area contributed by atoms with Crippen molar-refractivity contribution in [1.82, 2.24) is 5.32 Å². The number of rotatable bonds is 8. The first-order valence-corrected chi connectivity index (χ1v) is 9.64. The lowest BCUT2D eigenvalue weighted by atomic mass is 9.78. The largest absolute Gasteiger partial charge is 0.421 e. The zero-order valence-electron chi connectivity index (χ0n) is 17.3. The number of carbonyl (C=O) groups excluding carboxylic acids is 3. The smallest absolute Gasteiger partial charge is 0.334 e. The van der Waals surface area contributed by atoms with E-state index in [2.05, 4.69) is 0 Å². The molecule has 0 fully saturated rings. The molecule has 5 nitrogen and oxygen atoms in total. The number of hydrogen-bond acceptors (Lipinski definition) is 3. The first kappa shape index (κ1) is 25.9. The van der Waals surface area contributed by atoms with Crippen LogP contribution >= 0.6 is 0 Å². The molecule has 1 atom stereocenters. The number of aryl methyl sites for hydroxylation is 1. The summed E-state index contributed by atoms with van der Waals surface area (Å²) in [7, 11) is 0. The second kappa shape index (κ2) is 10.1. The summed E-state index contributed by atoms with van der Waals surface area (Å²) in [5.41, 5.74) is -4.75. The lowest BCUT2D eigenvalue weighted by Gasteiger charge is -2.41. The van der Waals surface area contributed by atoms with Crippen molar-refractivity contribution >= 4 is 23.3 Å². The first-order valence-electron chi connectivity index (χ1n) is 9.64. The Morgan fingerprint density at radius 3 is 1.76 bits per heavy atom. The Labute approximate surface area is 185 Å². The van der Waals surface area contributed by atoms with Crippen molar-refractivity contribution in [3.05, 3.63) is 66.2 Å². The molecule has 0 aliphatic carbocycles. The highest BCUT2D eigenvalue weighted by Crippen LogP contribution is 2.48. The average molecular weight is 474 g/mol. The second-order valence-electron chi connectivity index (χ2n) is 7.24. The predicted octanol–water partition coefficient (Wildman–Crippen LogP) is 4.44. The van der Waals surface area contributed by atoms with Crippen LogP contribution in [0.25, 0.3) is 0 Å². The fraction of sp³-hybridized carbons (Fsp3) is 0.318. The molecule has 2 amide bonds. The van der Waals surface area contributed by atoms with E-state index in [0.717, 1.165) is 5.32 Å². The summed E-state index contributed by atoms with van der Waals surface area (Å²) in [5.74, 6) is -8.52. The van der Waals surface area contributed by atoms with E-state index >= 15 is 0 Å². The number of halogens is 6. The Morgan fingerprint density at radius 1 is 0.818 bits per heavy atom. The van der Waals surface area contributed by atoms with E-state index < -0.39 is 47.8 Å². The number of anilines is 1. The van der Waals surface area contributed by atoms with Crippen LogP contribution in [0.1, 0.15) is 18.9 Å². The highest BCUT2D eigenvalue weighted by atomic mass is 19.4. The van der Waals surface area contributed by atoms with Gasteiger partial charge in [-0.25, -0.2) is 0 Å². The third-order valence-electron chi connectivity index (χ3n) is 4.86. The summed E-state index contributed by atoms with van der Waals surface area (Å²) >= 11 is 0. The predicted molar refractivity (Wildman–Crippen MR) is 107 cm³/mol. The molecule has 0 unspecified atom stereocenters. The van der Waals surface area contributed by atoms with E-state index in [9.17, 15) is 40.7 Å². The zero-order valence-corrected chi connectivity index (χ0v) is 17.3. The molecule has 0 saturated carbocycles. The van der Waals surface area contributed by atoms with E-state index in [0.29, 0.717) is 12.5 Å². The van der Waals surface area contributed by atoms with E-state index in [-0.39, 0.29) is 12.1 Å². The van der Waals surface area contributed by atoms with Gasteiger partial charge < -0.3 is 10.6 Å². The number of hydrogen-bond donors (Lipinski definition) is 2. The standard InChI is InChI=1S/C22H20F6N2O3/c1-14(31)18(19(33)29-16-10-6-3-7-11-16)20(21(23,24)25,22(26,27)28)30-17(32)13-12-15-8-4-2-5-9-15/h2-11,18H,12-13H2,1H3,(H,29,33)(H,30,32)/t18-/m1/s1. The van der Waals surface area contributed by atoms with Gasteiger partial charge in [-0.05, 0) is 31.0 Å². The topological polar surface area (TPSA) is 75.3 Å². The van der Waals surface area contributed by atoms with Gasteiger partial charge >= 0.3 is 12.4 Å². The van der Waals surface area contributed by atoms with E-state index in [4.69, 9.17) is 0 Å². The van der Waals surface area contributed by atoms with E-state index in [1.807, 2.05) is 5.32 Å². The van der Waals surface area contributed by atoms with Crippen LogP contribution in [0.2, 0.25) is 0 Å². The fourth-order valence-electron chi connectivity index (χ4n) is 3.31. The van der Waals surface area contributed by atoms with Gasteiger partial charge in [0.05, 0.1) is 0 Å². The van der Waals surface area contributed by atoms with E-state index in [1.165, 1.54) is 30.3 Å². The SMILES string of the molecule is CC(=O)[C@H](C(=O)Nc1ccccc1)C(NC(=O)CCc1ccccc1)(C(F)(F)F)C(F)(F)F. The number of Topliss-reactive ketones (excluding diaryl/α,β-unsaturated/α-hetero) is 1. The van der Waals surface area contributed by atoms with Gasteiger partial charge in [-0.1, -0.05) is 48.5 Å². The quantitative estimate of drug-likeness (QED) is 0.439. The summed E-state index contributed by atoms with van der Waals surface area (Å²) in [6.45, 7) is 0.428. The fourth-order valence-corrected chi connectivity index (χ4v) is 3.31. The number of alkyl halides is 6. The maximum absolute atomic E-state index is 14.0. The number of ketones is 1. The average Bonchev–Trinajstić information content (AvgIpc) is 2.71. The monoisotopic (exact) mass is 474 g/mol. The molecule has 11 heteroatoms. The normalized spacial score (nSPS) is 13.2. The molecule has 0 aliphatic heterocycles. The zero-order chi connectivity index (χ0) is 24.9. The van der Waals surface area contributed by atoms with Crippen molar-refractivity contribution < 1.29 is 40.7 Å². The van der Waals surface area contributed by atoms with Crippen LogP contribution in [0.15, 0.2) is 60.7 Å². The number of nitrogens with one attached hydrogen (secondary N) is 2. The van der Waals surface area contributed by atoms with Crippen LogP contribution in [0.3, 0.4) is 0 Å². The van der Waals surface area contributed by atoms with Crippen molar-refractivity contribution in [3.8, 4) is 0 Å². The molecular formula is C22H20F6N2O3. The van der Waals surface area contributed by atoms with Gasteiger partial charge in [0.25, 0.3) is 5.54 Å². The molecule has 0 saturated heterocycles. The molecule has 2 aromatic rings. The molecule has 2 aromatic carbocycles. The van der Waals surface area contributed by atoms with Gasteiger partial charge in [-0.2, -0.15) is 26.3 Å².